The summed E-state index contributed by atoms with van der Waals surface area (Å²) in [6.45, 7) is 6.26. The Bertz CT molecular complexity index is 563. The number of methoxy groups -OCH3 is 2. The number of carbonyl (C=O) groups is 1. The summed E-state index contributed by atoms with van der Waals surface area (Å²) in [7, 11) is 3.34. The smallest absolute Gasteiger partial charge is 0.225 e. The van der Waals surface area contributed by atoms with Crippen molar-refractivity contribution in [2.24, 2.45) is 5.92 Å². The number of piperidine rings is 1. The maximum absolute atomic E-state index is 12.6. The fourth-order valence-electron chi connectivity index (χ4n) is 3.67. The van der Waals surface area contributed by atoms with E-state index >= 15 is 0 Å². The molecule has 1 aromatic carbocycles. The number of carbonyl (C=O) groups excluding carboxylic acids is 1. The van der Waals surface area contributed by atoms with Crippen LogP contribution in [-0.4, -0.2) is 69.2 Å². The predicted molar refractivity (Wildman–Crippen MR) is 104 cm³/mol. The molecule has 1 amide bonds. The Morgan fingerprint density at radius 3 is 2.15 bits per heavy atom. The maximum atomic E-state index is 12.6. The first-order valence-corrected chi connectivity index (χ1v) is 9.13. The van der Waals surface area contributed by atoms with Crippen LogP contribution in [0.4, 0.5) is 0 Å². The minimum atomic E-state index is 0. The average molecular weight is 384 g/mol. The molecule has 3 rings (SSSR count). The first kappa shape index (κ1) is 20.8. The second kappa shape index (κ2) is 10.00. The first-order chi connectivity index (χ1) is 12.2. The van der Waals surface area contributed by atoms with Crippen molar-refractivity contribution >= 4 is 18.3 Å². The second-order valence-electron chi connectivity index (χ2n) is 6.85. The number of benzene rings is 1. The molecule has 26 heavy (non-hydrogen) atoms. The number of nitrogens with one attached hydrogen (secondary N) is 1. The Hall–Kier alpha value is -1.50. The summed E-state index contributed by atoms with van der Waals surface area (Å²) in [6.07, 6.45) is 1.95. The largest absolute Gasteiger partial charge is 0.497 e. The zero-order chi connectivity index (χ0) is 17.6. The van der Waals surface area contributed by atoms with Crippen LogP contribution in [0.15, 0.2) is 18.2 Å². The summed E-state index contributed by atoms with van der Waals surface area (Å²) < 4.78 is 10.7. The van der Waals surface area contributed by atoms with Crippen molar-refractivity contribution in [2.75, 3.05) is 53.5 Å². The highest BCUT2D eigenvalue weighted by Crippen LogP contribution is 2.24. The number of hydrogen-bond acceptors (Lipinski definition) is 5. The predicted octanol–water partition coefficient (Wildman–Crippen LogP) is 1.77. The molecule has 0 bridgehead atoms. The van der Waals surface area contributed by atoms with Gasteiger partial charge in [0, 0.05) is 44.7 Å². The van der Waals surface area contributed by atoms with Gasteiger partial charge in [0.05, 0.1) is 14.2 Å². The maximum Gasteiger partial charge on any atom is 0.225 e. The van der Waals surface area contributed by atoms with Gasteiger partial charge in [0.25, 0.3) is 0 Å². The topological polar surface area (TPSA) is 54.0 Å². The molecule has 6 nitrogen and oxygen atoms in total. The number of ether oxygens (including phenoxy) is 2. The molecule has 1 aromatic rings. The third-order valence-corrected chi connectivity index (χ3v) is 5.19. The number of nitrogens with zero attached hydrogens (tertiary/aromatic N) is 2. The van der Waals surface area contributed by atoms with E-state index in [2.05, 4.69) is 27.2 Å². The van der Waals surface area contributed by atoms with Gasteiger partial charge in [-0.05, 0) is 43.6 Å². The van der Waals surface area contributed by atoms with Gasteiger partial charge in [-0.1, -0.05) is 0 Å². The summed E-state index contributed by atoms with van der Waals surface area (Å²) >= 11 is 0. The van der Waals surface area contributed by atoms with Crippen molar-refractivity contribution in [1.29, 1.82) is 0 Å². The van der Waals surface area contributed by atoms with Gasteiger partial charge in [-0.15, -0.1) is 12.4 Å². The van der Waals surface area contributed by atoms with Crippen molar-refractivity contribution < 1.29 is 14.3 Å². The van der Waals surface area contributed by atoms with Crippen LogP contribution in [0.2, 0.25) is 0 Å². The molecule has 2 fully saturated rings. The van der Waals surface area contributed by atoms with Crippen molar-refractivity contribution in [3.8, 4) is 11.5 Å². The summed E-state index contributed by atoms with van der Waals surface area (Å²) in [4.78, 5) is 17.1. The molecule has 0 aliphatic carbocycles. The van der Waals surface area contributed by atoms with Gasteiger partial charge >= 0.3 is 0 Å². The molecule has 2 aliphatic rings. The summed E-state index contributed by atoms with van der Waals surface area (Å²) in [6, 6.07) is 5.99. The number of piperazine rings is 1. The molecular formula is C19H30ClN3O3. The molecule has 0 unspecified atom stereocenters. The van der Waals surface area contributed by atoms with E-state index in [9.17, 15) is 4.79 Å². The molecule has 0 spiro atoms. The van der Waals surface area contributed by atoms with E-state index in [4.69, 9.17) is 9.47 Å². The summed E-state index contributed by atoms with van der Waals surface area (Å²) in [5.41, 5.74) is 1.18. The normalized spacial score (nSPS) is 18.9. The van der Waals surface area contributed by atoms with E-state index in [1.807, 2.05) is 6.07 Å². The van der Waals surface area contributed by atoms with Crippen LogP contribution in [0.3, 0.4) is 0 Å². The quantitative estimate of drug-likeness (QED) is 0.839. The van der Waals surface area contributed by atoms with Gasteiger partial charge in [-0.25, -0.2) is 0 Å². The second-order valence-corrected chi connectivity index (χ2v) is 6.85. The number of amides is 1. The van der Waals surface area contributed by atoms with Crippen LogP contribution < -0.4 is 14.8 Å². The van der Waals surface area contributed by atoms with Gasteiger partial charge in [0.1, 0.15) is 11.5 Å². The van der Waals surface area contributed by atoms with E-state index in [0.717, 1.165) is 70.2 Å². The highest BCUT2D eigenvalue weighted by molar-refractivity contribution is 5.85. The van der Waals surface area contributed by atoms with E-state index in [1.165, 1.54) is 5.56 Å². The minimum absolute atomic E-state index is 0. The fraction of sp³-hybridized carbons (Fsp3) is 0.632. The first-order valence-electron chi connectivity index (χ1n) is 9.13. The van der Waals surface area contributed by atoms with Crippen molar-refractivity contribution in [3.63, 3.8) is 0 Å². The van der Waals surface area contributed by atoms with E-state index in [0.29, 0.717) is 5.91 Å². The molecule has 1 N–H and O–H groups in total. The van der Waals surface area contributed by atoms with E-state index in [-0.39, 0.29) is 18.3 Å². The lowest BCUT2D eigenvalue weighted by atomic mass is 9.96. The van der Waals surface area contributed by atoms with Gasteiger partial charge in [0.2, 0.25) is 5.91 Å². The Kier molecular flexibility index (Phi) is 8.00. The molecule has 2 saturated heterocycles. The molecule has 0 aromatic heterocycles. The standard InChI is InChI=1S/C19H29N3O3.ClH/c1-24-17-11-15(12-18(13-17)25-2)14-21-7-9-22(10-8-21)19(23)16-3-5-20-6-4-16;/h11-13,16,20H,3-10,14H2,1-2H3;1H. The SMILES string of the molecule is COc1cc(CN2CCN(C(=O)C3CCNCC3)CC2)cc(OC)c1.Cl. The minimum Gasteiger partial charge on any atom is -0.497 e. The molecule has 2 heterocycles. The lowest BCUT2D eigenvalue weighted by Gasteiger charge is -2.37. The zero-order valence-corrected chi connectivity index (χ0v) is 16.5. The fourth-order valence-corrected chi connectivity index (χ4v) is 3.67. The Balaban J connectivity index is 0.00000243. The lowest BCUT2D eigenvalue weighted by Crippen LogP contribution is -2.51. The average Bonchev–Trinajstić information content (AvgIpc) is 2.68. The molecular weight excluding hydrogens is 354 g/mol. The third-order valence-electron chi connectivity index (χ3n) is 5.19. The van der Waals surface area contributed by atoms with Gasteiger partial charge in [0.15, 0.2) is 0 Å². The lowest BCUT2D eigenvalue weighted by molar-refractivity contribution is -0.138. The molecule has 2 aliphatic heterocycles. The van der Waals surface area contributed by atoms with Gasteiger partial charge in [-0.3, -0.25) is 9.69 Å². The molecule has 146 valence electrons. The van der Waals surface area contributed by atoms with Crippen LogP contribution in [0.25, 0.3) is 0 Å². The van der Waals surface area contributed by atoms with Crippen LogP contribution in [0, 0.1) is 5.92 Å². The van der Waals surface area contributed by atoms with Crippen molar-refractivity contribution in [2.45, 2.75) is 19.4 Å². The molecule has 0 radical (unpaired) electrons. The number of hydrogen-bond donors (Lipinski definition) is 1. The zero-order valence-electron chi connectivity index (χ0n) is 15.7. The monoisotopic (exact) mass is 383 g/mol. The van der Waals surface area contributed by atoms with Crippen LogP contribution in [-0.2, 0) is 11.3 Å². The van der Waals surface area contributed by atoms with Gasteiger partial charge in [-0.2, -0.15) is 0 Å². The third kappa shape index (κ3) is 5.25. The van der Waals surface area contributed by atoms with E-state index in [1.54, 1.807) is 14.2 Å². The number of halogens is 1. The van der Waals surface area contributed by atoms with Crippen LogP contribution in [0.1, 0.15) is 18.4 Å². The van der Waals surface area contributed by atoms with E-state index < -0.39 is 0 Å². The summed E-state index contributed by atoms with van der Waals surface area (Å²) in [5, 5.41) is 3.33. The number of rotatable bonds is 5. The molecule has 7 heteroatoms. The highest BCUT2D eigenvalue weighted by atomic mass is 35.5. The van der Waals surface area contributed by atoms with Crippen LogP contribution >= 0.6 is 12.4 Å². The summed E-state index contributed by atoms with van der Waals surface area (Å²) in [5.74, 6) is 2.20. The van der Waals surface area contributed by atoms with Crippen molar-refractivity contribution in [1.82, 2.24) is 15.1 Å². The Morgan fingerprint density at radius 1 is 1.04 bits per heavy atom. The Labute approximate surface area is 162 Å². The van der Waals surface area contributed by atoms with Crippen LogP contribution in [0.5, 0.6) is 11.5 Å². The highest BCUT2D eigenvalue weighted by Gasteiger charge is 2.28. The molecule has 0 saturated carbocycles. The van der Waals surface area contributed by atoms with Crippen molar-refractivity contribution in [3.05, 3.63) is 23.8 Å². The molecule has 0 atom stereocenters. The van der Waals surface area contributed by atoms with Gasteiger partial charge < -0.3 is 19.7 Å². The Morgan fingerprint density at radius 2 is 1.62 bits per heavy atom.